The summed E-state index contributed by atoms with van der Waals surface area (Å²) >= 11 is 0. The summed E-state index contributed by atoms with van der Waals surface area (Å²) in [5.74, 6) is 0. The van der Waals surface area contributed by atoms with E-state index in [0.29, 0.717) is 5.41 Å². The molecule has 3 rings (SSSR count). The van der Waals surface area contributed by atoms with Gasteiger partial charge in [0, 0.05) is 30.7 Å². The number of hydrogen-bond donors (Lipinski definition) is 2. The monoisotopic (exact) mass is 259 g/mol. The maximum Gasteiger partial charge on any atom is 0.321 e. The van der Waals surface area contributed by atoms with Gasteiger partial charge in [0.2, 0.25) is 0 Å². The van der Waals surface area contributed by atoms with Crippen LogP contribution < -0.4 is 10.6 Å². The number of carbonyl (C=O) groups excluding carboxylic acids is 1. The highest BCUT2D eigenvalue weighted by Crippen LogP contribution is 2.36. The average molecular weight is 259 g/mol. The summed E-state index contributed by atoms with van der Waals surface area (Å²) in [7, 11) is 0. The Balaban J connectivity index is 1.61. The molecule has 102 valence electrons. The van der Waals surface area contributed by atoms with Crippen LogP contribution >= 0.6 is 0 Å². The van der Waals surface area contributed by atoms with Crippen LogP contribution in [0.2, 0.25) is 0 Å². The molecule has 2 fully saturated rings. The minimum Gasteiger partial charge on any atom is -0.324 e. The minimum atomic E-state index is 0.0348. The van der Waals surface area contributed by atoms with Crippen LogP contribution in [-0.2, 0) is 0 Å². The lowest BCUT2D eigenvalue weighted by atomic mass is 9.87. The van der Waals surface area contributed by atoms with E-state index in [4.69, 9.17) is 0 Å². The number of nitrogens with zero attached hydrogens (tertiary/aromatic N) is 1. The Hall–Kier alpha value is -1.55. The number of benzene rings is 1. The molecule has 0 bridgehead atoms. The molecule has 19 heavy (non-hydrogen) atoms. The summed E-state index contributed by atoms with van der Waals surface area (Å²) in [6.07, 6.45) is 2.32. The smallest absolute Gasteiger partial charge is 0.321 e. The molecule has 2 amide bonds. The number of amides is 2. The molecule has 2 aliphatic heterocycles. The number of likely N-dealkylation sites (tertiary alicyclic amines) is 1. The van der Waals surface area contributed by atoms with E-state index < -0.39 is 0 Å². The first kappa shape index (κ1) is 12.5. The SMILES string of the molecule is Cc1ccc(NC(=O)N2CCC3(CCNC3)C2)cc1. The van der Waals surface area contributed by atoms with E-state index in [1.54, 1.807) is 0 Å². The highest BCUT2D eigenvalue weighted by atomic mass is 16.2. The number of carbonyl (C=O) groups is 1. The Morgan fingerprint density at radius 3 is 2.79 bits per heavy atom. The fraction of sp³-hybridized carbons (Fsp3) is 0.533. The minimum absolute atomic E-state index is 0.0348. The molecule has 2 saturated heterocycles. The van der Waals surface area contributed by atoms with Crippen LogP contribution in [0.5, 0.6) is 0 Å². The standard InChI is InChI=1S/C15H21N3O/c1-12-2-4-13(5-3-12)17-14(19)18-9-7-15(11-18)6-8-16-10-15/h2-5,16H,6-11H2,1H3,(H,17,19). The van der Waals surface area contributed by atoms with Crippen LogP contribution in [0.15, 0.2) is 24.3 Å². The topological polar surface area (TPSA) is 44.4 Å². The molecule has 1 aromatic carbocycles. The average Bonchev–Trinajstić information content (AvgIpc) is 3.03. The van der Waals surface area contributed by atoms with Gasteiger partial charge in [-0.15, -0.1) is 0 Å². The summed E-state index contributed by atoms with van der Waals surface area (Å²) < 4.78 is 0. The molecule has 1 atom stereocenters. The van der Waals surface area contributed by atoms with Gasteiger partial charge in [-0.05, 0) is 38.4 Å². The maximum absolute atomic E-state index is 12.2. The van der Waals surface area contributed by atoms with Crippen molar-refractivity contribution in [2.45, 2.75) is 19.8 Å². The summed E-state index contributed by atoms with van der Waals surface area (Å²) in [5.41, 5.74) is 2.42. The number of rotatable bonds is 1. The molecule has 1 spiro atoms. The number of nitrogens with one attached hydrogen (secondary N) is 2. The molecule has 0 saturated carbocycles. The van der Waals surface area contributed by atoms with Crippen molar-refractivity contribution in [3.63, 3.8) is 0 Å². The summed E-state index contributed by atoms with van der Waals surface area (Å²) in [4.78, 5) is 14.2. The van der Waals surface area contributed by atoms with Gasteiger partial charge in [0.15, 0.2) is 0 Å². The normalized spacial score (nSPS) is 26.1. The third-order valence-electron chi connectivity index (χ3n) is 4.36. The number of aryl methyl sites for hydroxylation is 1. The fourth-order valence-electron chi connectivity index (χ4n) is 3.09. The van der Waals surface area contributed by atoms with Gasteiger partial charge in [-0.3, -0.25) is 0 Å². The van der Waals surface area contributed by atoms with E-state index in [1.807, 2.05) is 36.1 Å². The number of anilines is 1. The van der Waals surface area contributed by atoms with Crippen LogP contribution in [0.3, 0.4) is 0 Å². The molecular weight excluding hydrogens is 238 g/mol. The van der Waals surface area contributed by atoms with Gasteiger partial charge in [0.1, 0.15) is 0 Å². The van der Waals surface area contributed by atoms with Gasteiger partial charge in [-0.1, -0.05) is 17.7 Å². The zero-order valence-corrected chi connectivity index (χ0v) is 11.4. The van der Waals surface area contributed by atoms with E-state index in [9.17, 15) is 4.79 Å². The molecular formula is C15H21N3O. The molecule has 4 nitrogen and oxygen atoms in total. The second-order valence-corrected chi connectivity index (χ2v) is 5.89. The number of urea groups is 1. The van der Waals surface area contributed by atoms with Crippen molar-refractivity contribution < 1.29 is 4.79 Å². The van der Waals surface area contributed by atoms with Gasteiger partial charge in [-0.25, -0.2) is 4.79 Å². The van der Waals surface area contributed by atoms with Crippen molar-refractivity contribution in [3.8, 4) is 0 Å². The third kappa shape index (κ3) is 2.59. The maximum atomic E-state index is 12.2. The van der Waals surface area contributed by atoms with E-state index in [0.717, 1.165) is 38.3 Å². The Morgan fingerprint density at radius 2 is 2.11 bits per heavy atom. The van der Waals surface area contributed by atoms with E-state index in [1.165, 1.54) is 12.0 Å². The lowest BCUT2D eigenvalue weighted by Crippen LogP contribution is -2.36. The van der Waals surface area contributed by atoms with Crippen molar-refractivity contribution in [2.75, 3.05) is 31.5 Å². The first-order valence-corrected chi connectivity index (χ1v) is 7.00. The zero-order chi connectivity index (χ0) is 13.3. The van der Waals surface area contributed by atoms with Crippen molar-refractivity contribution in [1.29, 1.82) is 0 Å². The first-order chi connectivity index (χ1) is 9.17. The van der Waals surface area contributed by atoms with Crippen molar-refractivity contribution in [2.24, 2.45) is 5.41 Å². The Morgan fingerprint density at radius 1 is 1.32 bits per heavy atom. The van der Waals surface area contributed by atoms with Gasteiger partial charge in [-0.2, -0.15) is 0 Å². The number of hydrogen-bond acceptors (Lipinski definition) is 2. The van der Waals surface area contributed by atoms with Gasteiger partial charge >= 0.3 is 6.03 Å². The predicted molar refractivity (Wildman–Crippen MR) is 76.3 cm³/mol. The Kier molecular flexibility index (Phi) is 3.19. The predicted octanol–water partition coefficient (Wildman–Crippen LogP) is 2.21. The Labute approximate surface area is 114 Å². The van der Waals surface area contributed by atoms with Crippen LogP contribution in [0.4, 0.5) is 10.5 Å². The lowest BCUT2D eigenvalue weighted by molar-refractivity contribution is 0.215. The van der Waals surface area contributed by atoms with E-state index in [2.05, 4.69) is 10.6 Å². The van der Waals surface area contributed by atoms with Crippen molar-refractivity contribution in [1.82, 2.24) is 10.2 Å². The van der Waals surface area contributed by atoms with Crippen molar-refractivity contribution in [3.05, 3.63) is 29.8 Å². The second-order valence-electron chi connectivity index (χ2n) is 5.89. The molecule has 1 unspecified atom stereocenters. The van der Waals surface area contributed by atoms with E-state index >= 15 is 0 Å². The molecule has 0 aromatic heterocycles. The summed E-state index contributed by atoms with van der Waals surface area (Å²) in [6, 6.07) is 7.98. The molecule has 1 aromatic rings. The van der Waals surface area contributed by atoms with Crippen LogP contribution in [0.1, 0.15) is 18.4 Å². The lowest BCUT2D eigenvalue weighted by Gasteiger charge is -2.23. The fourth-order valence-corrected chi connectivity index (χ4v) is 3.09. The third-order valence-corrected chi connectivity index (χ3v) is 4.36. The highest BCUT2D eigenvalue weighted by Gasteiger charge is 2.41. The van der Waals surface area contributed by atoms with Crippen LogP contribution in [-0.4, -0.2) is 37.1 Å². The van der Waals surface area contributed by atoms with Gasteiger partial charge < -0.3 is 15.5 Å². The Bertz CT molecular complexity index is 463. The molecule has 0 aliphatic carbocycles. The van der Waals surface area contributed by atoms with Crippen LogP contribution in [0.25, 0.3) is 0 Å². The summed E-state index contributed by atoms with van der Waals surface area (Å²) in [5, 5.41) is 6.40. The molecule has 4 heteroatoms. The second kappa shape index (κ2) is 4.85. The molecule has 2 heterocycles. The highest BCUT2D eigenvalue weighted by molar-refractivity contribution is 5.89. The molecule has 2 aliphatic rings. The zero-order valence-electron chi connectivity index (χ0n) is 11.4. The van der Waals surface area contributed by atoms with Crippen molar-refractivity contribution >= 4 is 11.7 Å². The van der Waals surface area contributed by atoms with E-state index in [-0.39, 0.29) is 6.03 Å². The molecule has 2 N–H and O–H groups in total. The van der Waals surface area contributed by atoms with Crippen LogP contribution in [0, 0.1) is 12.3 Å². The first-order valence-electron chi connectivity index (χ1n) is 7.00. The summed E-state index contributed by atoms with van der Waals surface area (Å²) in [6.45, 7) is 5.95. The van der Waals surface area contributed by atoms with Gasteiger partial charge in [0.05, 0.1) is 0 Å². The largest absolute Gasteiger partial charge is 0.324 e. The van der Waals surface area contributed by atoms with Gasteiger partial charge in [0.25, 0.3) is 0 Å². The molecule has 0 radical (unpaired) electrons. The quantitative estimate of drug-likeness (QED) is 0.812.